The van der Waals surface area contributed by atoms with E-state index in [1.807, 2.05) is 23.5 Å². The van der Waals surface area contributed by atoms with E-state index >= 15 is 0 Å². The van der Waals surface area contributed by atoms with Gasteiger partial charge < -0.3 is 12.4 Å². The fraction of sp³-hybridized carbons (Fsp3) is 0.667. The average molecular weight is 217 g/mol. The highest BCUT2D eigenvalue weighted by Gasteiger charge is 2.08. The summed E-state index contributed by atoms with van der Waals surface area (Å²) in [5.74, 6) is 3.91. The van der Waals surface area contributed by atoms with Crippen molar-refractivity contribution in [3.63, 3.8) is 0 Å². The molecule has 0 bridgehead atoms. The molecule has 1 aliphatic rings. The van der Waals surface area contributed by atoms with Gasteiger partial charge in [-0.15, -0.1) is 6.58 Å². The lowest BCUT2D eigenvalue weighted by Crippen LogP contribution is -3.00. The van der Waals surface area contributed by atoms with Crippen LogP contribution in [-0.2, 0) is 13.5 Å². The van der Waals surface area contributed by atoms with E-state index in [-0.39, 0.29) is 25.9 Å². The summed E-state index contributed by atoms with van der Waals surface area (Å²) in [4.78, 5) is 0. The first-order valence-corrected chi connectivity index (χ1v) is 4.96. The van der Waals surface area contributed by atoms with Crippen LogP contribution >= 0.6 is 23.5 Å². The summed E-state index contributed by atoms with van der Waals surface area (Å²) in [6.07, 6.45) is 2.05. The summed E-state index contributed by atoms with van der Waals surface area (Å²) >= 11 is 4.06. The quantitative estimate of drug-likeness (QED) is 0.376. The van der Waals surface area contributed by atoms with Crippen LogP contribution in [0.3, 0.4) is 0 Å². The molecule has 10 heavy (non-hydrogen) atoms. The number of hydrogen-bond acceptors (Lipinski definition) is 2. The number of rotatable bonds is 1. The first-order chi connectivity index (χ1) is 3.93. The minimum atomic E-state index is 0. The maximum Gasteiger partial charge on any atom is 0.0315 e. The van der Waals surface area contributed by atoms with Gasteiger partial charge in [0.1, 0.15) is 0 Å². The van der Waals surface area contributed by atoms with E-state index in [0.717, 1.165) is 5.25 Å². The number of thioether (sulfide) groups is 2. The van der Waals surface area contributed by atoms with Crippen LogP contribution in [0.2, 0.25) is 0 Å². The molecule has 1 unspecified atom stereocenters. The second-order valence-electron chi connectivity index (χ2n) is 1.72. The van der Waals surface area contributed by atoms with Crippen molar-refractivity contribution in [1.82, 2.24) is 0 Å². The molecule has 1 atom stereocenters. The molecule has 1 saturated heterocycles. The van der Waals surface area contributed by atoms with Crippen molar-refractivity contribution in [2.45, 2.75) is 5.25 Å². The second-order valence-corrected chi connectivity index (χ2v) is 4.22. The largest absolute Gasteiger partial charge is 1.00 e. The van der Waals surface area contributed by atoms with Gasteiger partial charge in [-0.05, 0) is 0 Å². The van der Waals surface area contributed by atoms with Crippen molar-refractivity contribution in [1.29, 1.82) is 0 Å². The Morgan fingerprint density at radius 3 is 2.40 bits per heavy atom. The van der Waals surface area contributed by atoms with Gasteiger partial charge in [-0.3, -0.25) is 0 Å². The van der Waals surface area contributed by atoms with Crippen molar-refractivity contribution in [2.75, 3.05) is 17.3 Å². The molecule has 0 saturated carbocycles. The lowest BCUT2D eigenvalue weighted by atomic mass is 10.5. The van der Waals surface area contributed by atoms with Crippen molar-refractivity contribution in [2.24, 2.45) is 0 Å². The van der Waals surface area contributed by atoms with Crippen LogP contribution in [-0.4, -0.2) is 22.5 Å². The molecule has 0 radical (unpaired) electrons. The number of halogens is 1. The highest BCUT2D eigenvalue weighted by Crippen LogP contribution is 2.23. The van der Waals surface area contributed by atoms with Crippen LogP contribution < -0.4 is 12.4 Å². The smallest absolute Gasteiger partial charge is 0.0315 e. The zero-order chi connectivity index (χ0) is 5.82. The van der Waals surface area contributed by atoms with E-state index in [9.17, 15) is 0 Å². The molecule has 62 valence electrons. The summed E-state index contributed by atoms with van der Waals surface area (Å²) < 4.78 is 0. The van der Waals surface area contributed by atoms with Gasteiger partial charge in [0, 0.05) is 22.5 Å². The van der Waals surface area contributed by atoms with Gasteiger partial charge in [-0.2, -0.15) is 23.5 Å². The summed E-state index contributed by atoms with van der Waals surface area (Å²) in [5, 5.41) is 0.730. The van der Waals surface area contributed by atoms with E-state index in [4.69, 9.17) is 0 Å². The van der Waals surface area contributed by atoms with Gasteiger partial charge in [0.05, 0.1) is 0 Å². The summed E-state index contributed by atoms with van der Waals surface area (Å²) in [6, 6.07) is 0. The fourth-order valence-corrected chi connectivity index (χ4v) is 3.15. The van der Waals surface area contributed by atoms with Crippen LogP contribution in [0, 0.1) is 0 Å². The Labute approximate surface area is 84.5 Å². The Kier molecular flexibility index (Phi) is 11.2. The Balaban J connectivity index is 0. The van der Waals surface area contributed by atoms with Crippen LogP contribution in [0.5, 0.6) is 0 Å². The molecule has 1 aliphatic heterocycles. The molecule has 0 N–H and O–H groups in total. The van der Waals surface area contributed by atoms with Crippen LogP contribution in [0.1, 0.15) is 0 Å². The molecule has 0 spiro atoms. The van der Waals surface area contributed by atoms with Gasteiger partial charge in [-0.1, -0.05) is 19.6 Å². The van der Waals surface area contributed by atoms with Crippen LogP contribution in [0.25, 0.3) is 0 Å². The summed E-state index contributed by atoms with van der Waals surface area (Å²) in [6.45, 7) is 3.75. The molecule has 0 aromatic rings. The van der Waals surface area contributed by atoms with Crippen molar-refractivity contribution in [3.05, 3.63) is 12.7 Å². The first-order valence-electron chi connectivity index (χ1n) is 2.75. The van der Waals surface area contributed by atoms with Crippen molar-refractivity contribution in [3.8, 4) is 0 Å². The lowest BCUT2D eigenvalue weighted by molar-refractivity contribution is -0.00000165. The third-order valence-electron chi connectivity index (χ3n) is 1.10. The third-order valence-corrected chi connectivity index (χ3v) is 3.89. The zero-order valence-corrected chi connectivity index (χ0v) is 9.30. The predicted octanol–water partition coefficient (Wildman–Crippen LogP) is -1.78. The molecule has 0 aromatic carbocycles. The SMILES string of the molecule is C=CC1CSCCS1.[Cl-].[SH3+]. The predicted molar refractivity (Wildman–Crippen MR) is 55.3 cm³/mol. The molecule has 0 aromatic heterocycles. The highest BCUT2D eigenvalue weighted by atomic mass is 35.5. The summed E-state index contributed by atoms with van der Waals surface area (Å²) in [5.41, 5.74) is 0. The average Bonchev–Trinajstić information content (AvgIpc) is 1.90. The normalized spacial score (nSPS) is 23.8. The molecular formula is C6H13ClS3. The van der Waals surface area contributed by atoms with Gasteiger partial charge in [0.15, 0.2) is 0 Å². The topological polar surface area (TPSA) is 0 Å². The maximum atomic E-state index is 3.75. The van der Waals surface area contributed by atoms with E-state index in [0.29, 0.717) is 0 Å². The van der Waals surface area contributed by atoms with Gasteiger partial charge in [0.25, 0.3) is 0 Å². The first kappa shape index (κ1) is 13.7. The van der Waals surface area contributed by atoms with Gasteiger partial charge >= 0.3 is 0 Å². The fourth-order valence-electron chi connectivity index (χ4n) is 0.642. The van der Waals surface area contributed by atoms with E-state index < -0.39 is 0 Å². The van der Waals surface area contributed by atoms with Gasteiger partial charge in [0.2, 0.25) is 0 Å². The molecule has 1 heterocycles. The Bertz CT molecular complexity index is 81.1. The van der Waals surface area contributed by atoms with E-state index in [1.165, 1.54) is 17.3 Å². The van der Waals surface area contributed by atoms with Crippen molar-refractivity contribution >= 4 is 37.0 Å². The minimum absolute atomic E-state index is 0. The standard InChI is InChI=1S/C6H10S2.ClH.H2S/c1-2-6-5-7-3-4-8-6;;/h2,6H,1,3-5H2;1H;1H2. The maximum absolute atomic E-state index is 3.75. The lowest BCUT2D eigenvalue weighted by Gasteiger charge is -2.16. The second kappa shape index (κ2) is 8.18. The van der Waals surface area contributed by atoms with Crippen LogP contribution in [0.15, 0.2) is 12.7 Å². The highest BCUT2D eigenvalue weighted by molar-refractivity contribution is 8.06. The third kappa shape index (κ3) is 4.83. The zero-order valence-electron chi connectivity index (χ0n) is 5.75. The monoisotopic (exact) mass is 216 g/mol. The summed E-state index contributed by atoms with van der Waals surface area (Å²) in [7, 11) is 0. The molecule has 0 amide bonds. The number of hydrogen-bond donors (Lipinski definition) is 0. The Morgan fingerprint density at radius 2 is 2.10 bits per heavy atom. The molecule has 4 heteroatoms. The van der Waals surface area contributed by atoms with Gasteiger partial charge in [-0.25, -0.2) is 0 Å². The Hall–Kier alpha value is 1.08. The minimum Gasteiger partial charge on any atom is -1.00 e. The molecule has 0 nitrogen and oxygen atoms in total. The van der Waals surface area contributed by atoms with E-state index in [2.05, 4.69) is 12.7 Å². The molecular weight excluding hydrogens is 204 g/mol. The molecule has 0 aliphatic carbocycles. The van der Waals surface area contributed by atoms with Crippen LogP contribution in [0.4, 0.5) is 0 Å². The Morgan fingerprint density at radius 1 is 1.40 bits per heavy atom. The molecule has 1 rings (SSSR count). The molecule has 1 fully saturated rings. The van der Waals surface area contributed by atoms with Crippen molar-refractivity contribution < 1.29 is 12.4 Å². The van der Waals surface area contributed by atoms with E-state index in [1.54, 1.807) is 0 Å².